The van der Waals surface area contributed by atoms with Gasteiger partial charge in [-0.1, -0.05) is 0 Å². The second kappa shape index (κ2) is 3.98. The predicted octanol–water partition coefficient (Wildman–Crippen LogP) is 0.304. The first-order chi connectivity index (χ1) is 8.33. The minimum absolute atomic E-state index is 0.549. The fraction of sp³-hybridized carbons (Fsp3) is 0. The molecule has 0 spiro atoms. The van der Waals surface area contributed by atoms with E-state index in [1.54, 1.807) is 30.3 Å². The Hall–Kier alpha value is -2.22. The maximum Gasteiger partial charge on any atom is 0.257 e. The molecular weight excluding hydrogens is 240 g/mol. The fourth-order valence-corrected chi connectivity index (χ4v) is 2.05. The van der Waals surface area contributed by atoms with Gasteiger partial charge >= 0.3 is 0 Å². The van der Waals surface area contributed by atoms with Crippen LogP contribution in [0, 0.1) is 5.21 Å². The SMILES string of the molecule is [O-][n+]1ccccc1Sc1ccc2nnnn2n1. The Morgan fingerprint density at radius 3 is 3.06 bits per heavy atom. The monoisotopic (exact) mass is 246 g/mol. The summed E-state index contributed by atoms with van der Waals surface area (Å²) in [5.74, 6) is 0. The lowest BCUT2D eigenvalue weighted by molar-refractivity contribution is -0.645. The van der Waals surface area contributed by atoms with Gasteiger partial charge in [0.2, 0.25) is 0 Å². The first kappa shape index (κ1) is 9.97. The zero-order valence-corrected chi connectivity index (χ0v) is 9.28. The van der Waals surface area contributed by atoms with Crippen molar-refractivity contribution in [1.29, 1.82) is 0 Å². The molecule has 7 nitrogen and oxygen atoms in total. The molecule has 0 aliphatic rings. The highest BCUT2D eigenvalue weighted by atomic mass is 32.2. The second-order valence-electron chi connectivity index (χ2n) is 3.16. The number of aromatic nitrogens is 6. The van der Waals surface area contributed by atoms with Crippen LogP contribution in [0.2, 0.25) is 0 Å². The third kappa shape index (κ3) is 1.89. The molecule has 17 heavy (non-hydrogen) atoms. The maximum atomic E-state index is 11.5. The van der Waals surface area contributed by atoms with Crippen molar-refractivity contribution < 1.29 is 4.73 Å². The molecule has 0 aliphatic heterocycles. The summed E-state index contributed by atoms with van der Waals surface area (Å²) in [6, 6.07) is 8.71. The molecule has 0 bridgehead atoms. The quantitative estimate of drug-likeness (QED) is 0.478. The van der Waals surface area contributed by atoms with Crippen molar-refractivity contribution in [2.45, 2.75) is 10.1 Å². The van der Waals surface area contributed by atoms with Crippen molar-refractivity contribution in [3.63, 3.8) is 0 Å². The summed E-state index contributed by atoms with van der Waals surface area (Å²) in [5, 5.41) is 27.8. The van der Waals surface area contributed by atoms with E-state index >= 15 is 0 Å². The van der Waals surface area contributed by atoms with Crippen molar-refractivity contribution in [2.24, 2.45) is 0 Å². The van der Waals surface area contributed by atoms with E-state index in [1.807, 2.05) is 0 Å². The Bertz CT molecular complexity index is 669. The lowest BCUT2D eigenvalue weighted by Crippen LogP contribution is -2.27. The van der Waals surface area contributed by atoms with Gasteiger partial charge in [-0.2, -0.15) is 4.73 Å². The Labute approximate surface area is 99.7 Å². The van der Waals surface area contributed by atoms with Crippen molar-refractivity contribution in [3.05, 3.63) is 41.7 Å². The van der Waals surface area contributed by atoms with Crippen LogP contribution in [0.5, 0.6) is 0 Å². The highest BCUT2D eigenvalue weighted by molar-refractivity contribution is 7.99. The van der Waals surface area contributed by atoms with E-state index in [2.05, 4.69) is 20.6 Å². The van der Waals surface area contributed by atoms with Crippen molar-refractivity contribution in [2.75, 3.05) is 0 Å². The van der Waals surface area contributed by atoms with Crippen LogP contribution in [-0.2, 0) is 0 Å². The summed E-state index contributed by atoms with van der Waals surface area (Å²) in [5.41, 5.74) is 0.567. The number of hydrogen-bond donors (Lipinski definition) is 0. The van der Waals surface area contributed by atoms with E-state index in [1.165, 1.54) is 22.6 Å². The third-order valence-corrected chi connectivity index (χ3v) is 2.99. The van der Waals surface area contributed by atoms with Crippen LogP contribution in [0.4, 0.5) is 0 Å². The smallest absolute Gasteiger partial charge is 0.257 e. The summed E-state index contributed by atoms with van der Waals surface area (Å²) in [7, 11) is 0. The molecule has 0 unspecified atom stereocenters. The fourth-order valence-electron chi connectivity index (χ4n) is 1.29. The molecule has 0 radical (unpaired) electrons. The van der Waals surface area contributed by atoms with Crippen LogP contribution in [0.15, 0.2) is 46.6 Å². The van der Waals surface area contributed by atoms with E-state index in [-0.39, 0.29) is 0 Å². The highest BCUT2D eigenvalue weighted by Crippen LogP contribution is 2.21. The Morgan fingerprint density at radius 1 is 1.24 bits per heavy atom. The summed E-state index contributed by atoms with van der Waals surface area (Å²) in [6.07, 6.45) is 1.44. The average Bonchev–Trinajstić information content (AvgIpc) is 2.79. The van der Waals surface area contributed by atoms with Gasteiger partial charge in [-0.15, -0.1) is 14.8 Å². The normalized spacial score (nSPS) is 10.8. The minimum Gasteiger partial charge on any atom is -0.618 e. The molecule has 0 amide bonds. The van der Waals surface area contributed by atoms with E-state index in [4.69, 9.17) is 0 Å². The van der Waals surface area contributed by atoms with Crippen molar-refractivity contribution >= 4 is 17.4 Å². The number of fused-ring (bicyclic) bond motifs is 1. The zero-order chi connectivity index (χ0) is 11.7. The molecule has 3 aromatic heterocycles. The number of hydrogen-bond acceptors (Lipinski definition) is 6. The first-order valence-electron chi connectivity index (χ1n) is 4.74. The molecule has 3 rings (SSSR count). The number of tetrazole rings is 1. The van der Waals surface area contributed by atoms with E-state index in [0.717, 1.165) is 4.73 Å². The minimum atomic E-state index is 0.549. The summed E-state index contributed by atoms with van der Waals surface area (Å²) in [4.78, 5) is 0. The Balaban J connectivity index is 1.97. The highest BCUT2D eigenvalue weighted by Gasteiger charge is 2.08. The van der Waals surface area contributed by atoms with Gasteiger partial charge in [-0.3, -0.25) is 0 Å². The van der Waals surface area contributed by atoms with Crippen LogP contribution in [0.1, 0.15) is 0 Å². The van der Waals surface area contributed by atoms with Crippen LogP contribution in [-0.4, -0.2) is 25.3 Å². The Morgan fingerprint density at radius 2 is 2.18 bits per heavy atom. The van der Waals surface area contributed by atoms with Gasteiger partial charge in [0.25, 0.3) is 5.03 Å². The van der Waals surface area contributed by atoms with Crippen LogP contribution in [0.3, 0.4) is 0 Å². The van der Waals surface area contributed by atoms with Gasteiger partial charge in [-0.25, -0.2) is 0 Å². The maximum absolute atomic E-state index is 11.5. The van der Waals surface area contributed by atoms with E-state index < -0.39 is 0 Å². The molecule has 0 N–H and O–H groups in total. The molecular formula is C9H6N6OS. The molecule has 3 aromatic rings. The molecule has 0 atom stereocenters. The number of pyridine rings is 1. The van der Waals surface area contributed by atoms with Crippen LogP contribution < -0.4 is 4.73 Å². The zero-order valence-electron chi connectivity index (χ0n) is 8.46. The predicted molar refractivity (Wildman–Crippen MR) is 58.1 cm³/mol. The molecule has 0 aliphatic carbocycles. The van der Waals surface area contributed by atoms with Crippen LogP contribution in [0.25, 0.3) is 5.65 Å². The van der Waals surface area contributed by atoms with Crippen molar-refractivity contribution in [3.8, 4) is 0 Å². The van der Waals surface area contributed by atoms with Gasteiger partial charge in [0, 0.05) is 23.9 Å². The molecule has 3 heterocycles. The van der Waals surface area contributed by atoms with E-state index in [0.29, 0.717) is 15.7 Å². The molecule has 0 saturated heterocycles. The number of nitrogens with zero attached hydrogens (tertiary/aromatic N) is 6. The van der Waals surface area contributed by atoms with Crippen LogP contribution >= 0.6 is 11.8 Å². The summed E-state index contributed by atoms with van der Waals surface area (Å²) >= 11 is 1.26. The van der Waals surface area contributed by atoms with Gasteiger partial charge in [0.15, 0.2) is 11.8 Å². The first-order valence-corrected chi connectivity index (χ1v) is 5.56. The van der Waals surface area contributed by atoms with Gasteiger partial charge in [-0.05, 0) is 28.6 Å². The van der Waals surface area contributed by atoms with Gasteiger partial charge < -0.3 is 5.21 Å². The molecule has 0 saturated carbocycles. The Kier molecular flexibility index (Phi) is 2.33. The third-order valence-electron chi connectivity index (χ3n) is 2.04. The standard InChI is InChI=1S/C9H6N6OS/c16-14-6-2-1-3-9(14)17-8-5-4-7-10-12-13-15(7)11-8/h1-6H. The lowest BCUT2D eigenvalue weighted by atomic mass is 10.5. The topological polar surface area (TPSA) is 82.9 Å². The van der Waals surface area contributed by atoms with Crippen molar-refractivity contribution in [1.82, 2.24) is 25.3 Å². The average molecular weight is 246 g/mol. The molecule has 84 valence electrons. The van der Waals surface area contributed by atoms with Gasteiger partial charge in [0.05, 0.1) is 0 Å². The summed E-state index contributed by atoms with van der Waals surface area (Å²) in [6.45, 7) is 0. The lowest BCUT2D eigenvalue weighted by Gasteiger charge is -2.01. The molecule has 8 heteroatoms. The molecule has 0 fully saturated rings. The second-order valence-corrected chi connectivity index (χ2v) is 4.21. The van der Waals surface area contributed by atoms with Gasteiger partial charge in [0.1, 0.15) is 5.03 Å². The number of rotatable bonds is 2. The molecule has 0 aromatic carbocycles. The van der Waals surface area contributed by atoms with E-state index in [9.17, 15) is 5.21 Å². The summed E-state index contributed by atoms with van der Waals surface area (Å²) < 4.78 is 2.11. The largest absolute Gasteiger partial charge is 0.618 e.